The molecule has 1 heterocycles. The number of carbonyl (C=O) groups is 1. The van der Waals surface area contributed by atoms with Crippen molar-refractivity contribution in [3.05, 3.63) is 12.4 Å². The van der Waals surface area contributed by atoms with E-state index >= 15 is 0 Å². The molecule has 0 unspecified atom stereocenters. The topological polar surface area (TPSA) is 92.3 Å². The first-order chi connectivity index (χ1) is 5.63. The summed E-state index contributed by atoms with van der Waals surface area (Å²) in [5, 5.41) is 8.56. The number of nitrogens with two attached hydrogens (primary N) is 1. The molecular weight excluding hydrogens is 160 g/mol. The van der Waals surface area contributed by atoms with Crippen LogP contribution in [0.3, 0.4) is 0 Å². The molecule has 0 fully saturated rings. The van der Waals surface area contributed by atoms with Crippen LogP contribution in [0, 0.1) is 0 Å². The number of nitrogen functional groups attached to an aromatic ring is 1. The van der Waals surface area contributed by atoms with E-state index in [-0.39, 0.29) is 11.6 Å². The second-order valence-corrected chi connectivity index (χ2v) is 2.11. The van der Waals surface area contributed by atoms with Gasteiger partial charge >= 0.3 is 6.09 Å². The fourth-order valence-corrected chi connectivity index (χ4v) is 0.690. The van der Waals surface area contributed by atoms with Crippen LogP contribution in [0.15, 0.2) is 12.4 Å². The lowest BCUT2D eigenvalue weighted by atomic mass is 10.5. The maximum Gasteiger partial charge on any atom is 0.412 e. The quantitative estimate of drug-likeness (QED) is 0.623. The molecule has 1 aromatic heterocycles. The lowest BCUT2D eigenvalue weighted by Gasteiger charge is -2.11. The highest BCUT2D eigenvalue weighted by Gasteiger charge is 2.12. The van der Waals surface area contributed by atoms with E-state index in [9.17, 15) is 4.79 Å². The second-order valence-electron chi connectivity index (χ2n) is 2.11. The molecule has 1 aromatic rings. The molecule has 0 saturated heterocycles. The Kier molecular flexibility index (Phi) is 2.09. The minimum atomic E-state index is -1.12. The van der Waals surface area contributed by atoms with Gasteiger partial charge in [0.2, 0.25) is 0 Å². The molecule has 1 rings (SSSR count). The number of aromatic nitrogens is 2. The Bertz CT molecular complexity index is 301. The number of nitrogens with zero attached hydrogens (tertiary/aromatic N) is 3. The summed E-state index contributed by atoms with van der Waals surface area (Å²) in [7, 11) is 1.35. The standard InChI is InChI=1S/C6H8N4O2/c1-10(6(11)12)5-4(7)8-2-3-9-5/h2-3H,1H3,(H2,7,8)(H,11,12). The minimum absolute atomic E-state index is 0.0994. The lowest BCUT2D eigenvalue weighted by molar-refractivity contribution is 0.203. The van der Waals surface area contributed by atoms with Crippen molar-refractivity contribution in [3.63, 3.8) is 0 Å². The fraction of sp³-hybridized carbons (Fsp3) is 0.167. The van der Waals surface area contributed by atoms with E-state index in [1.807, 2.05) is 0 Å². The third-order valence-electron chi connectivity index (χ3n) is 1.31. The van der Waals surface area contributed by atoms with Crippen LogP contribution in [0.1, 0.15) is 0 Å². The third-order valence-corrected chi connectivity index (χ3v) is 1.31. The van der Waals surface area contributed by atoms with Crippen molar-refractivity contribution >= 4 is 17.7 Å². The molecule has 0 aliphatic heterocycles. The Morgan fingerprint density at radius 2 is 2.17 bits per heavy atom. The highest BCUT2D eigenvalue weighted by atomic mass is 16.4. The molecule has 0 aliphatic carbocycles. The number of rotatable bonds is 1. The third kappa shape index (κ3) is 1.42. The molecule has 0 aromatic carbocycles. The predicted molar refractivity (Wildman–Crippen MR) is 42.9 cm³/mol. The monoisotopic (exact) mass is 168 g/mol. The first-order valence-electron chi connectivity index (χ1n) is 3.16. The number of amides is 1. The average molecular weight is 168 g/mol. The van der Waals surface area contributed by atoms with Crippen LogP contribution in [-0.2, 0) is 0 Å². The van der Waals surface area contributed by atoms with Gasteiger partial charge in [0, 0.05) is 19.4 Å². The van der Waals surface area contributed by atoms with Gasteiger partial charge in [-0.25, -0.2) is 14.8 Å². The van der Waals surface area contributed by atoms with Gasteiger partial charge in [0.1, 0.15) is 0 Å². The van der Waals surface area contributed by atoms with Gasteiger partial charge < -0.3 is 10.8 Å². The highest BCUT2D eigenvalue weighted by molar-refractivity contribution is 5.86. The van der Waals surface area contributed by atoms with Gasteiger partial charge in [0.05, 0.1) is 0 Å². The van der Waals surface area contributed by atoms with Crippen molar-refractivity contribution in [1.29, 1.82) is 0 Å². The van der Waals surface area contributed by atoms with Crippen LogP contribution in [-0.4, -0.2) is 28.2 Å². The van der Waals surface area contributed by atoms with Crippen LogP contribution in [0.25, 0.3) is 0 Å². The maximum atomic E-state index is 10.5. The summed E-state index contributed by atoms with van der Waals surface area (Å²) in [6.45, 7) is 0. The van der Waals surface area contributed by atoms with Crippen molar-refractivity contribution in [2.45, 2.75) is 0 Å². The molecule has 0 radical (unpaired) electrons. The molecule has 6 heteroatoms. The highest BCUT2D eigenvalue weighted by Crippen LogP contribution is 2.13. The van der Waals surface area contributed by atoms with Crippen molar-refractivity contribution in [2.24, 2.45) is 0 Å². The number of hydrogen-bond donors (Lipinski definition) is 2. The van der Waals surface area contributed by atoms with E-state index in [4.69, 9.17) is 10.8 Å². The summed E-state index contributed by atoms with van der Waals surface area (Å²) in [4.78, 5) is 18.8. The Labute approximate surface area is 68.7 Å². The van der Waals surface area contributed by atoms with E-state index in [2.05, 4.69) is 9.97 Å². The molecule has 6 nitrogen and oxygen atoms in total. The Morgan fingerprint density at radius 1 is 1.58 bits per heavy atom. The normalized spacial score (nSPS) is 9.42. The zero-order valence-corrected chi connectivity index (χ0v) is 6.43. The summed E-state index contributed by atoms with van der Waals surface area (Å²) in [5.74, 6) is 0.243. The Hall–Kier alpha value is -1.85. The van der Waals surface area contributed by atoms with Gasteiger partial charge in [-0.1, -0.05) is 0 Å². The van der Waals surface area contributed by atoms with Gasteiger partial charge in [-0.15, -0.1) is 0 Å². The van der Waals surface area contributed by atoms with Crippen LogP contribution >= 0.6 is 0 Å². The fourth-order valence-electron chi connectivity index (χ4n) is 0.690. The summed E-state index contributed by atoms with van der Waals surface area (Å²) in [6, 6.07) is 0. The zero-order valence-electron chi connectivity index (χ0n) is 6.43. The molecular formula is C6H8N4O2. The molecule has 0 bridgehead atoms. The van der Waals surface area contributed by atoms with Crippen molar-refractivity contribution in [2.75, 3.05) is 17.7 Å². The largest absolute Gasteiger partial charge is 0.465 e. The van der Waals surface area contributed by atoms with E-state index < -0.39 is 6.09 Å². The number of anilines is 2. The van der Waals surface area contributed by atoms with Crippen LogP contribution in [0.4, 0.5) is 16.4 Å². The average Bonchev–Trinajstić information content (AvgIpc) is 2.04. The van der Waals surface area contributed by atoms with Crippen LogP contribution < -0.4 is 10.6 Å². The molecule has 1 amide bonds. The van der Waals surface area contributed by atoms with E-state index in [1.54, 1.807) is 0 Å². The Balaban J connectivity index is 3.02. The van der Waals surface area contributed by atoms with Crippen LogP contribution in [0.2, 0.25) is 0 Å². The summed E-state index contributed by atoms with van der Waals surface area (Å²) in [6.07, 6.45) is 1.65. The lowest BCUT2D eigenvalue weighted by Crippen LogP contribution is -2.26. The number of hydrogen-bond acceptors (Lipinski definition) is 4. The second kappa shape index (κ2) is 3.04. The van der Waals surface area contributed by atoms with Crippen molar-refractivity contribution in [3.8, 4) is 0 Å². The molecule has 3 N–H and O–H groups in total. The minimum Gasteiger partial charge on any atom is -0.465 e. The first-order valence-corrected chi connectivity index (χ1v) is 3.16. The maximum absolute atomic E-state index is 10.5. The van der Waals surface area contributed by atoms with Gasteiger partial charge in [-0.3, -0.25) is 4.90 Å². The first kappa shape index (κ1) is 8.25. The SMILES string of the molecule is CN(C(=O)O)c1nccnc1N. The summed E-state index contributed by atoms with van der Waals surface area (Å²) >= 11 is 0. The van der Waals surface area contributed by atoms with Gasteiger partial charge in [-0.2, -0.15) is 0 Å². The van der Waals surface area contributed by atoms with E-state index in [0.717, 1.165) is 4.90 Å². The smallest absolute Gasteiger partial charge is 0.412 e. The van der Waals surface area contributed by atoms with Gasteiger partial charge in [0.25, 0.3) is 0 Å². The summed E-state index contributed by atoms with van der Waals surface area (Å²) < 4.78 is 0. The van der Waals surface area contributed by atoms with Crippen molar-refractivity contribution in [1.82, 2.24) is 9.97 Å². The zero-order chi connectivity index (χ0) is 9.14. The Morgan fingerprint density at radius 3 is 2.67 bits per heavy atom. The predicted octanol–water partition coefficient (Wildman–Crippen LogP) is 0.173. The molecule has 0 saturated carbocycles. The molecule has 0 aliphatic rings. The van der Waals surface area contributed by atoms with E-state index in [1.165, 1.54) is 19.4 Å². The molecule has 0 spiro atoms. The van der Waals surface area contributed by atoms with Crippen molar-refractivity contribution < 1.29 is 9.90 Å². The van der Waals surface area contributed by atoms with Crippen LogP contribution in [0.5, 0.6) is 0 Å². The number of carboxylic acid groups (broad SMARTS) is 1. The molecule has 64 valence electrons. The van der Waals surface area contributed by atoms with E-state index in [0.29, 0.717) is 0 Å². The molecule has 12 heavy (non-hydrogen) atoms. The van der Waals surface area contributed by atoms with Gasteiger partial charge in [-0.05, 0) is 0 Å². The molecule has 0 atom stereocenters. The summed E-state index contributed by atoms with van der Waals surface area (Å²) in [5.41, 5.74) is 5.38. The van der Waals surface area contributed by atoms with Gasteiger partial charge in [0.15, 0.2) is 11.6 Å².